The second-order valence-corrected chi connectivity index (χ2v) is 6.46. The minimum atomic E-state index is -0.279. The molecule has 1 amide bonds. The van der Waals surface area contributed by atoms with Crippen LogP contribution in [0.15, 0.2) is 18.5 Å². The van der Waals surface area contributed by atoms with Crippen molar-refractivity contribution in [2.24, 2.45) is 12.5 Å². The number of nitrogens with one attached hydrogen (secondary N) is 2. The van der Waals surface area contributed by atoms with Crippen molar-refractivity contribution >= 4 is 11.7 Å². The Balaban J connectivity index is 1.72. The van der Waals surface area contributed by atoms with Gasteiger partial charge in [0.05, 0.1) is 0 Å². The van der Waals surface area contributed by atoms with Crippen LogP contribution in [0.2, 0.25) is 0 Å². The van der Waals surface area contributed by atoms with Gasteiger partial charge in [-0.25, -0.2) is 4.98 Å². The first-order chi connectivity index (χ1) is 10.6. The van der Waals surface area contributed by atoms with Crippen LogP contribution < -0.4 is 5.32 Å². The number of H-pyrrole nitrogens is 1. The van der Waals surface area contributed by atoms with E-state index in [0.717, 1.165) is 37.2 Å². The van der Waals surface area contributed by atoms with Gasteiger partial charge >= 0.3 is 0 Å². The third-order valence-corrected chi connectivity index (χ3v) is 4.64. The highest BCUT2D eigenvalue weighted by Gasteiger charge is 2.33. The number of carbonyl (C=O) groups is 1. The molecule has 0 atom stereocenters. The molecule has 0 aromatic carbocycles. The van der Waals surface area contributed by atoms with Crippen LogP contribution >= 0.6 is 0 Å². The zero-order chi connectivity index (χ0) is 15.6. The van der Waals surface area contributed by atoms with Gasteiger partial charge in [0.15, 0.2) is 11.6 Å². The smallest absolute Gasteiger partial charge is 0.231 e. The number of aromatic nitrogens is 4. The minimum Gasteiger partial charge on any atom is -0.333 e. The molecule has 22 heavy (non-hydrogen) atoms. The van der Waals surface area contributed by atoms with Gasteiger partial charge in [-0.2, -0.15) is 5.10 Å². The summed E-state index contributed by atoms with van der Waals surface area (Å²) in [5.74, 6) is 1.44. The van der Waals surface area contributed by atoms with Gasteiger partial charge in [-0.15, -0.1) is 0 Å². The van der Waals surface area contributed by atoms with Gasteiger partial charge in [0, 0.05) is 30.9 Å². The van der Waals surface area contributed by atoms with Crippen LogP contribution in [-0.2, 0) is 11.8 Å². The Bertz CT molecular complexity index is 649. The number of aryl methyl sites for hydroxylation is 1. The Labute approximate surface area is 130 Å². The fourth-order valence-corrected chi connectivity index (χ4v) is 3.13. The highest BCUT2D eigenvalue weighted by Crippen LogP contribution is 2.35. The number of aromatic amines is 1. The quantitative estimate of drug-likeness (QED) is 0.855. The predicted molar refractivity (Wildman–Crippen MR) is 85.2 cm³/mol. The normalized spacial score (nSPS) is 17.9. The monoisotopic (exact) mass is 301 g/mol. The summed E-state index contributed by atoms with van der Waals surface area (Å²) in [6, 6.07) is 1.83. The second kappa shape index (κ2) is 5.94. The molecule has 1 aliphatic carbocycles. The van der Waals surface area contributed by atoms with E-state index in [-0.39, 0.29) is 11.3 Å². The molecule has 0 saturated heterocycles. The summed E-state index contributed by atoms with van der Waals surface area (Å²) in [6.07, 6.45) is 10.2. The fourth-order valence-electron chi connectivity index (χ4n) is 3.13. The van der Waals surface area contributed by atoms with Crippen molar-refractivity contribution in [1.29, 1.82) is 0 Å². The topological polar surface area (TPSA) is 75.6 Å². The molecule has 118 valence electrons. The lowest BCUT2D eigenvalue weighted by Crippen LogP contribution is -2.33. The molecule has 6 nitrogen and oxygen atoms in total. The summed E-state index contributed by atoms with van der Waals surface area (Å²) in [4.78, 5) is 16.9. The number of anilines is 1. The van der Waals surface area contributed by atoms with Gasteiger partial charge in [-0.3, -0.25) is 9.89 Å². The molecule has 0 bridgehead atoms. The summed E-state index contributed by atoms with van der Waals surface area (Å²) in [5, 5.41) is 10.1. The first-order valence-electron chi connectivity index (χ1n) is 7.93. The largest absolute Gasteiger partial charge is 0.333 e. The van der Waals surface area contributed by atoms with Gasteiger partial charge in [0.25, 0.3) is 0 Å². The van der Waals surface area contributed by atoms with Crippen molar-refractivity contribution in [3.63, 3.8) is 0 Å². The molecule has 0 spiro atoms. The second-order valence-electron chi connectivity index (χ2n) is 6.46. The van der Waals surface area contributed by atoms with Gasteiger partial charge in [-0.05, 0) is 12.8 Å². The maximum absolute atomic E-state index is 12.6. The van der Waals surface area contributed by atoms with E-state index in [1.807, 2.05) is 23.9 Å². The van der Waals surface area contributed by atoms with Crippen molar-refractivity contribution in [2.45, 2.75) is 45.4 Å². The summed E-state index contributed by atoms with van der Waals surface area (Å²) >= 11 is 0. The number of nitrogens with zero attached hydrogens (tertiary/aromatic N) is 3. The fraction of sp³-hybridized carbons (Fsp3) is 0.562. The molecule has 2 N–H and O–H groups in total. The van der Waals surface area contributed by atoms with Crippen LogP contribution in [-0.4, -0.2) is 25.7 Å². The molecule has 0 radical (unpaired) electrons. The highest BCUT2D eigenvalue weighted by atomic mass is 16.2. The molecule has 0 aliphatic heterocycles. The van der Waals surface area contributed by atoms with Crippen LogP contribution in [0, 0.1) is 5.41 Å². The van der Waals surface area contributed by atoms with Crippen molar-refractivity contribution in [2.75, 3.05) is 5.32 Å². The van der Waals surface area contributed by atoms with Crippen LogP contribution in [0.5, 0.6) is 0 Å². The third-order valence-electron chi connectivity index (χ3n) is 4.64. The van der Waals surface area contributed by atoms with Gasteiger partial charge < -0.3 is 9.88 Å². The summed E-state index contributed by atoms with van der Waals surface area (Å²) in [7, 11) is 1.92. The van der Waals surface area contributed by atoms with Crippen LogP contribution in [0.3, 0.4) is 0 Å². The summed E-state index contributed by atoms with van der Waals surface area (Å²) in [6.45, 7) is 2.07. The predicted octanol–water partition coefficient (Wildman–Crippen LogP) is 3.11. The van der Waals surface area contributed by atoms with Gasteiger partial charge in [-0.1, -0.05) is 32.6 Å². The molecular formula is C16H23N5O. The maximum atomic E-state index is 12.6. The molecule has 1 saturated carbocycles. The number of imidazole rings is 1. The molecule has 6 heteroatoms. The van der Waals surface area contributed by atoms with E-state index < -0.39 is 0 Å². The number of hydrogen-bond donors (Lipinski definition) is 2. The number of rotatable bonds is 3. The standard InChI is InChI=1S/C16H23N5O/c1-16(7-5-3-4-6-8-16)15(22)18-13-11-12(19-20-13)14-17-9-10-21(14)2/h9-11H,3-8H2,1-2H3,(H2,18,19,20,22). The molecule has 2 aromatic rings. The van der Waals surface area contributed by atoms with Crippen molar-refractivity contribution in [3.05, 3.63) is 18.5 Å². The summed E-state index contributed by atoms with van der Waals surface area (Å²) < 4.78 is 1.91. The number of hydrogen-bond acceptors (Lipinski definition) is 3. The van der Waals surface area contributed by atoms with Crippen LogP contribution in [0.25, 0.3) is 11.5 Å². The van der Waals surface area contributed by atoms with E-state index in [4.69, 9.17) is 0 Å². The molecule has 2 heterocycles. The molecule has 1 fully saturated rings. The van der Waals surface area contributed by atoms with E-state index in [0.29, 0.717) is 5.82 Å². The van der Waals surface area contributed by atoms with Crippen molar-refractivity contribution < 1.29 is 4.79 Å². The molecular weight excluding hydrogens is 278 g/mol. The Kier molecular flexibility index (Phi) is 4.00. The molecule has 1 aliphatic rings. The lowest BCUT2D eigenvalue weighted by molar-refractivity contribution is -0.125. The third kappa shape index (κ3) is 2.91. The van der Waals surface area contributed by atoms with E-state index in [1.165, 1.54) is 12.8 Å². The zero-order valence-electron chi connectivity index (χ0n) is 13.2. The molecule has 0 unspecified atom stereocenters. The molecule has 2 aromatic heterocycles. The van der Waals surface area contributed by atoms with Gasteiger partial charge in [0.1, 0.15) is 5.69 Å². The Morgan fingerprint density at radius 3 is 2.68 bits per heavy atom. The Hall–Kier alpha value is -2.11. The lowest BCUT2D eigenvalue weighted by Gasteiger charge is -2.25. The molecule has 3 rings (SSSR count). The van der Waals surface area contributed by atoms with E-state index in [2.05, 4.69) is 27.4 Å². The highest BCUT2D eigenvalue weighted by molar-refractivity contribution is 5.94. The SMILES string of the molecule is Cn1ccnc1-c1cc(NC(=O)C2(C)CCCCCC2)n[nH]1. The zero-order valence-corrected chi connectivity index (χ0v) is 13.2. The minimum absolute atomic E-state index is 0.0762. The van der Waals surface area contributed by atoms with Crippen LogP contribution in [0.1, 0.15) is 45.4 Å². The van der Waals surface area contributed by atoms with E-state index in [9.17, 15) is 4.79 Å². The average molecular weight is 301 g/mol. The lowest BCUT2D eigenvalue weighted by atomic mass is 9.81. The Morgan fingerprint density at radius 1 is 1.32 bits per heavy atom. The van der Waals surface area contributed by atoms with E-state index >= 15 is 0 Å². The first kappa shape index (κ1) is 14.8. The van der Waals surface area contributed by atoms with Crippen molar-refractivity contribution in [1.82, 2.24) is 19.7 Å². The van der Waals surface area contributed by atoms with E-state index in [1.54, 1.807) is 6.20 Å². The number of amides is 1. The average Bonchev–Trinajstić information content (AvgIpc) is 3.05. The van der Waals surface area contributed by atoms with Crippen LogP contribution in [0.4, 0.5) is 5.82 Å². The van der Waals surface area contributed by atoms with Gasteiger partial charge in [0.2, 0.25) is 5.91 Å². The maximum Gasteiger partial charge on any atom is 0.231 e. The number of carbonyl (C=O) groups excluding carboxylic acids is 1. The first-order valence-corrected chi connectivity index (χ1v) is 7.93. The van der Waals surface area contributed by atoms with Crippen molar-refractivity contribution in [3.8, 4) is 11.5 Å². The Morgan fingerprint density at radius 2 is 2.05 bits per heavy atom. The summed E-state index contributed by atoms with van der Waals surface area (Å²) in [5.41, 5.74) is 0.521.